The third-order valence-electron chi connectivity index (χ3n) is 2.95. The van der Waals surface area contributed by atoms with E-state index in [1.165, 1.54) is 4.68 Å². The van der Waals surface area contributed by atoms with Crippen LogP contribution < -0.4 is 11.2 Å². The van der Waals surface area contributed by atoms with Crippen molar-refractivity contribution >= 4 is 23.7 Å². The Hall–Kier alpha value is -2.89. The predicted molar refractivity (Wildman–Crippen MR) is 85.2 cm³/mol. The predicted octanol–water partition coefficient (Wildman–Crippen LogP) is 0.217. The quantitative estimate of drug-likeness (QED) is 0.488. The molecule has 3 aromatic rings. The fourth-order valence-electron chi connectivity index (χ4n) is 1.98. The molecule has 12 heteroatoms. The standard InChI is InChI=1S/C12H15N9O2S/c1-6-4-7(2)21(18-6)11-16-17-12(20(11)13)24-5-9(22)15-10-14-8(3)19-23-10/h4H,5,13H2,1-3H3,(H,14,15,19,22). The van der Waals surface area contributed by atoms with Gasteiger partial charge >= 0.3 is 6.01 Å². The second kappa shape index (κ2) is 6.31. The molecule has 0 aliphatic rings. The molecule has 0 aliphatic heterocycles. The Bertz CT molecular complexity index is 881. The number of rotatable bonds is 5. The topological polar surface area (TPSA) is 143 Å². The van der Waals surface area contributed by atoms with E-state index in [0.717, 1.165) is 23.1 Å². The molecular weight excluding hydrogens is 334 g/mol. The van der Waals surface area contributed by atoms with E-state index in [2.05, 4.69) is 30.8 Å². The van der Waals surface area contributed by atoms with Crippen molar-refractivity contribution in [3.63, 3.8) is 0 Å². The van der Waals surface area contributed by atoms with Gasteiger partial charge in [-0.2, -0.15) is 10.1 Å². The number of carbonyl (C=O) groups excluding carboxylic acids is 1. The molecule has 126 valence electrons. The number of nitrogen functional groups attached to an aromatic ring is 1. The zero-order valence-electron chi connectivity index (χ0n) is 13.2. The van der Waals surface area contributed by atoms with E-state index in [9.17, 15) is 4.79 Å². The van der Waals surface area contributed by atoms with Crippen molar-refractivity contribution < 1.29 is 9.32 Å². The summed E-state index contributed by atoms with van der Waals surface area (Å²) in [6, 6.07) is 1.96. The van der Waals surface area contributed by atoms with Crippen molar-refractivity contribution in [2.75, 3.05) is 16.9 Å². The summed E-state index contributed by atoms with van der Waals surface area (Å²) >= 11 is 1.13. The molecule has 0 bridgehead atoms. The van der Waals surface area contributed by atoms with Crippen LogP contribution in [0, 0.1) is 20.8 Å². The van der Waals surface area contributed by atoms with Gasteiger partial charge in [0.2, 0.25) is 11.1 Å². The summed E-state index contributed by atoms with van der Waals surface area (Å²) in [5.74, 6) is 6.55. The minimum absolute atomic E-state index is 0.0515. The van der Waals surface area contributed by atoms with Crippen molar-refractivity contribution in [2.24, 2.45) is 0 Å². The SMILES string of the molecule is Cc1cc(C)n(-c2nnc(SCC(=O)Nc3nc(C)no3)n2N)n1. The van der Waals surface area contributed by atoms with E-state index in [-0.39, 0.29) is 17.7 Å². The van der Waals surface area contributed by atoms with E-state index in [1.54, 1.807) is 11.6 Å². The van der Waals surface area contributed by atoms with Gasteiger partial charge in [-0.1, -0.05) is 16.9 Å². The van der Waals surface area contributed by atoms with Crippen LogP contribution in [0.25, 0.3) is 5.95 Å². The van der Waals surface area contributed by atoms with Gasteiger partial charge in [-0.25, -0.2) is 9.36 Å². The van der Waals surface area contributed by atoms with Gasteiger partial charge in [0.15, 0.2) is 5.82 Å². The largest absolute Gasteiger partial charge is 0.334 e. The van der Waals surface area contributed by atoms with E-state index in [0.29, 0.717) is 16.9 Å². The van der Waals surface area contributed by atoms with Gasteiger partial charge in [-0.05, 0) is 26.8 Å². The summed E-state index contributed by atoms with van der Waals surface area (Å²) in [7, 11) is 0. The van der Waals surface area contributed by atoms with Gasteiger partial charge in [0, 0.05) is 5.69 Å². The van der Waals surface area contributed by atoms with Crippen LogP contribution in [0.5, 0.6) is 0 Å². The number of carbonyl (C=O) groups is 1. The van der Waals surface area contributed by atoms with E-state index in [4.69, 9.17) is 10.4 Å². The summed E-state index contributed by atoms with van der Waals surface area (Å²) in [4.78, 5) is 15.8. The van der Waals surface area contributed by atoms with E-state index >= 15 is 0 Å². The number of thioether (sulfide) groups is 1. The van der Waals surface area contributed by atoms with Crippen LogP contribution in [0.3, 0.4) is 0 Å². The molecule has 1 amide bonds. The smallest absolute Gasteiger partial charge is 0.328 e. The zero-order valence-corrected chi connectivity index (χ0v) is 14.0. The first-order valence-electron chi connectivity index (χ1n) is 6.91. The number of aromatic nitrogens is 7. The molecule has 0 saturated heterocycles. The summed E-state index contributed by atoms with van der Waals surface area (Å²) < 4.78 is 7.69. The molecule has 0 fully saturated rings. The number of hydrogen-bond acceptors (Lipinski definition) is 9. The van der Waals surface area contributed by atoms with Crippen LogP contribution in [0.2, 0.25) is 0 Å². The minimum Gasteiger partial charge on any atom is -0.334 e. The third kappa shape index (κ3) is 3.22. The summed E-state index contributed by atoms with van der Waals surface area (Å²) in [5, 5.41) is 18.8. The number of nitrogens with two attached hydrogens (primary N) is 1. The number of anilines is 1. The third-order valence-corrected chi connectivity index (χ3v) is 3.89. The number of nitrogens with one attached hydrogen (secondary N) is 1. The average Bonchev–Trinajstić information content (AvgIpc) is 3.17. The van der Waals surface area contributed by atoms with Crippen molar-refractivity contribution in [2.45, 2.75) is 25.9 Å². The second-order valence-corrected chi connectivity index (χ2v) is 5.92. The molecule has 0 aromatic carbocycles. The highest BCUT2D eigenvalue weighted by molar-refractivity contribution is 7.99. The Morgan fingerprint density at radius 3 is 2.79 bits per heavy atom. The molecular formula is C12H15N9O2S. The number of hydrogen-bond donors (Lipinski definition) is 2. The van der Waals surface area contributed by atoms with Gasteiger partial charge in [-0.15, -0.1) is 10.2 Å². The molecule has 3 heterocycles. The first-order valence-corrected chi connectivity index (χ1v) is 7.89. The second-order valence-electron chi connectivity index (χ2n) is 4.98. The average molecular weight is 349 g/mol. The Morgan fingerprint density at radius 1 is 1.38 bits per heavy atom. The first-order chi connectivity index (χ1) is 11.4. The number of aryl methyl sites for hydroxylation is 3. The zero-order chi connectivity index (χ0) is 17.3. The molecule has 0 unspecified atom stereocenters. The maximum absolute atomic E-state index is 11.9. The summed E-state index contributed by atoms with van der Waals surface area (Å²) in [6.45, 7) is 5.42. The molecule has 0 saturated carbocycles. The molecule has 0 aliphatic carbocycles. The Kier molecular flexibility index (Phi) is 4.20. The van der Waals surface area contributed by atoms with Gasteiger partial charge in [0.05, 0.1) is 11.4 Å². The van der Waals surface area contributed by atoms with Crippen LogP contribution in [-0.4, -0.2) is 46.5 Å². The van der Waals surface area contributed by atoms with E-state index in [1.807, 2.05) is 19.9 Å². The molecule has 0 spiro atoms. The molecule has 11 nitrogen and oxygen atoms in total. The number of amides is 1. The number of nitrogens with zero attached hydrogens (tertiary/aromatic N) is 7. The van der Waals surface area contributed by atoms with Gasteiger partial charge in [-0.3, -0.25) is 10.1 Å². The van der Waals surface area contributed by atoms with Crippen LogP contribution in [0.4, 0.5) is 6.01 Å². The van der Waals surface area contributed by atoms with Crippen molar-refractivity contribution in [1.82, 2.24) is 34.8 Å². The maximum atomic E-state index is 11.9. The lowest BCUT2D eigenvalue weighted by molar-refractivity contribution is -0.114. The lowest BCUT2D eigenvalue weighted by Gasteiger charge is -2.04. The Balaban J connectivity index is 1.66. The summed E-state index contributed by atoms with van der Waals surface area (Å²) in [5.41, 5.74) is 1.73. The van der Waals surface area contributed by atoms with Crippen LogP contribution >= 0.6 is 11.8 Å². The van der Waals surface area contributed by atoms with Crippen LogP contribution in [0.15, 0.2) is 15.7 Å². The molecule has 0 atom stereocenters. The van der Waals surface area contributed by atoms with Crippen molar-refractivity contribution in [1.29, 1.82) is 0 Å². The maximum Gasteiger partial charge on any atom is 0.328 e. The highest BCUT2D eigenvalue weighted by atomic mass is 32.2. The lowest BCUT2D eigenvalue weighted by atomic mass is 10.4. The molecule has 3 aromatic heterocycles. The molecule has 3 N–H and O–H groups in total. The summed E-state index contributed by atoms with van der Waals surface area (Å²) in [6.07, 6.45) is 0. The molecule has 24 heavy (non-hydrogen) atoms. The lowest BCUT2D eigenvalue weighted by Crippen LogP contribution is -2.18. The van der Waals surface area contributed by atoms with Crippen LogP contribution in [0.1, 0.15) is 17.2 Å². The molecule has 3 rings (SSSR count). The van der Waals surface area contributed by atoms with Crippen molar-refractivity contribution in [3.8, 4) is 5.95 Å². The normalized spacial score (nSPS) is 11.0. The van der Waals surface area contributed by atoms with Gasteiger partial charge in [0.25, 0.3) is 5.95 Å². The fraction of sp³-hybridized carbons (Fsp3) is 0.333. The minimum atomic E-state index is -0.320. The Morgan fingerprint density at radius 2 is 2.17 bits per heavy atom. The van der Waals surface area contributed by atoms with E-state index < -0.39 is 0 Å². The first kappa shape index (κ1) is 16.0. The highest BCUT2D eigenvalue weighted by Gasteiger charge is 2.16. The van der Waals surface area contributed by atoms with Crippen molar-refractivity contribution in [3.05, 3.63) is 23.3 Å². The van der Waals surface area contributed by atoms with Gasteiger partial charge < -0.3 is 10.4 Å². The van der Waals surface area contributed by atoms with Crippen LogP contribution in [-0.2, 0) is 4.79 Å². The highest BCUT2D eigenvalue weighted by Crippen LogP contribution is 2.17. The monoisotopic (exact) mass is 349 g/mol. The fourth-order valence-corrected chi connectivity index (χ4v) is 2.63. The molecule has 0 radical (unpaired) electrons. The Labute approximate surface area is 140 Å². The van der Waals surface area contributed by atoms with Gasteiger partial charge in [0.1, 0.15) is 0 Å².